The lowest BCUT2D eigenvalue weighted by Crippen LogP contribution is -2.17. The Hall–Kier alpha value is -1.46. The Morgan fingerprint density at radius 3 is 2.32 bits per heavy atom. The second-order valence-electron chi connectivity index (χ2n) is 5.74. The van der Waals surface area contributed by atoms with E-state index in [4.69, 9.17) is 23.2 Å². The average molecular weight is 393 g/mol. The highest BCUT2D eigenvalue weighted by Gasteiger charge is 2.07. The first-order valence-electron chi connectivity index (χ1n) is 7.88. The van der Waals surface area contributed by atoms with Crippen LogP contribution in [-0.2, 0) is 12.3 Å². The minimum absolute atomic E-state index is 0.398. The van der Waals surface area contributed by atoms with Gasteiger partial charge in [-0.05, 0) is 28.1 Å². The lowest BCUT2D eigenvalue weighted by molar-refractivity contribution is 0.178. The van der Waals surface area contributed by atoms with Crippen LogP contribution in [0.3, 0.4) is 0 Å². The molecule has 2 aromatic rings. The third-order valence-electron chi connectivity index (χ3n) is 3.78. The number of aromatic nitrogens is 2. The first kappa shape index (κ1) is 18.3. The molecule has 6 heteroatoms. The Labute approximate surface area is 160 Å². The maximum atomic E-state index is 9.89. The summed E-state index contributed by atoms with van der Waals surface area (Å²) in [5.74, 6) is 1.41. The molecular weight excluding hydrogens is 375 g/mol. The van der Waals surface area contributed by atoms with E-state index in [0.717, 1.165) is 11.3 Å². The van der Waals surface area contributed by atoms with Crippen LogP contribution in [0.2, 0.25) is 10.0 Å². The molecule has 2 aliphatic rings. The Bertz CT molecular complexity index is 865. The normalized spacial score (nSPS) is 12.3. The summed E-state index contributed by atoms with van der Waals surface area (Å²) in [7, 11) is 0. The molecule has 0 bridgehead atoms. The molecule has 0 spiro atoms. The van der Waals surface area contributed by atoms with Crippen LogP contribution >= 0.6 is 35.0 Å². The van der Waals surface area contributed by atoms with Crippen molar-refractivity contribution in [3.63, 3.8) is 0 Å². The number of nitrogens with zero attached hydrogens (tertiary/aromatic N) is 2. The lowest BCUT2D eigenvalue weighted by Gasteiger charge is -2.11. The first-order valence-corrected chi connectivity index (χ1v) is 9.79. The van der Waals surface area contributed by atoms with E-state index in [0.29, 0.717) is 22.3 Å². The van der Waals surface area contributed by atoms with Crippen molar-refractivity contribution in [2.75, 3.05) is 5.75 Å². The summed E-state index contributed by atoms with van der Waals surface area (Å²) in [5.41, 5.74) is 1.03. The van der Waals surface area contributed by atoms with Crippen molar-refractivity contribution in [2.45, 2.75) is 18.4 Å². The van der Waals surface area contributed by atoms with Crippen LogP contribution in [0, 0.1) is 10.4 Å². The number of imidazole rings is 1. The zero-order chi connectivity index (χ0) is 17.6. The molecule has 0 saturated heterocycles. The van der Waals surface area contributed by atoms with Crippen molar-refractivity contribution in [3.05, 3.63) is 87.2 Å². The van der Waals surface area contributed by atoms with Gasteiger partial charge in [0.05, 0.1) is 19.0 Å². The Balaban J connectivity index is 0.000000250. The van der Waals surface area contributed by atoms with Crippen molar-refractivity contribution in [1.29, 1.82) is 0 Å². The molecule has 1 aromatic carbocycles. The molecule has 130 valence electrons. The van der Waals surface area contributed by atoms with Gasteiger partial charge in [0.2, 0.25) is 0 Å². The minimum atomic E-state index is -0.398. The standard InChI is InChI=1S/C13H14Cl2N2OS.C6H4/c14-11-2-1-10(13(15)5-11)7-19-8-12(18)6-17-4-3-16-9-17;1-2-6-4-3-5(1)6/h1-5,9,12,18H,6-8H2;1-4H. The first-order chi connectivity index (χ1) is 12.1. The fraction of sp³-hybridized carbons (Fsp3) is 0.211. The van der Waals surface area contributed by atoms with Crippen LogP contribution in [0.15, 0.2) is 61.2 Å². The maximum absolute atomic E-state index is 9.89. The van der Waals surface area contributed by atoms with Gasteiger partial charge in [-0.1, -0.05) is 53.5 Å². The number of thioether (sulfide) groups is 1. The number of aliphatic hydroxyl groups excluding tert-OH is 1. The van der Waals surface area contributed by atoms with Crippen molar-refractivity contribution < 1.29 is 5.11 Å². The molecule has 4 rings (SSSR count). The smallest absolute Gasteiger partial charge is 0.0946 e. The summed E-state index contributed by atoms with van der Waals surface area (Å²) in [5, 5.41) is 14.0. The largest absolute Gasteiger partial charge is 0.390 e. The summed E-state index contributed by atoms with van der Waals surface area (Å²) in [6.07, 6.45) is 4.84. The fourth-order valence-electron chi connectivity index (χ4n) is 2.30. The Morgan fingerprint density at radius 1 is 1.08 bits per heavy atom. The quantitative estimate of drug-likeness (QED) is 0.513. The summed E-state index contributed by atoms with van der Waals surface area (Å²) in [6, 6.07) is 14.0. The molecule has 0 saturated carbocycles. The predicted molar refractivity (Wildman–Crippen MR) is 105 cm³/mol. The number of halogens is 2. The van der Waals surface area contributed by atoms with Gasteiger partial charge < -0.3 is 9.67 Å². The highest BCUT2D eigenvalue weighted by atomic mass is 35.5. The van der Waals surface area contributed by atoms with Crippen LogP contribution in [0.4, 0.5) is 0 Å². The van der Waals surface area contributed by atoms with Gasteiger partial charge in [-0.25, -0.2) is 4.98 Å². The van der Waals surface area contributed by atoms with E-state index in [-0.39, 0.29) is 0 Å². The molecule has 1 heterocycles. The van der Waals surface area contributed by atoms with E-state index < -0.39 is 6.10 Å². The molecule has 2 aliphatic carbocycles. The molecule has 25 heavy (non-hydrogen) atoms. The van der Waals surface area contributed by atoms with Crippen LogP contribution in [0.5, 0.6) is 0 Å². The number of rotatable bonds is 6. The molecule has 0 aliphatic heterocycles. The van der Waals surface area contributed by atoms with Gasteiger partial charge in [-0.2, -0.15) is 11.8 Å². The molecule has 1 N–H and O–H groups in total. The number of benzene rings is 2. The molecule has 1 unspecified atom stereocenters. The topological polar surface area (TPSA) is 38.0 Å². The Morgan fingerprint density at radius 2 is 1.80 bits per heavy atom. The summed E-state index contributed by atoms with van der Waals surface area (Å²) in [4.78, 5) is 3.94. The number of hydrogen-bond donors (Lipinski definition) is 1. The van der Waals surface area contributed by atoms with Gasteiger partial charge in [0.25, 0.3) is 0 Å². The average Bonchev–Trinajstić information content (AvgIpc) is 3.06. The van der Waals surface area contributed by atoms with E-state index in [1.807, 2.05) is 22.9 Å². The predicted octanol–water partition coefficient (Wildman–Crippen LogP) is 4.77. The van der Waals surface area contributed by atoms with E-state index in [1.54, 1.807) is 30.4 Å². The molecule has 0 amide bonds. The van der Waals surface area contributed by atoms with Gasteiger partial charge in [0.15, 0.2) is 0 Å². The SMILES string of the molecule is OC(CSCc1ccc(Cl)cc1Cl)Cn1ccnc1.c1cc2ccc1=2. The van der Waals surface area contributed by atoms with Crippen molar-refractivity contribution >= 4 is 35.0 Å². The summed E-state index contributed by atoms with van der Waals surface area (Å²) < 4.78 is 1.86. The third kappa shape index (κ3) is 5.25. The molecule has 1 aromatic heterocycles. The van der Waals surface area contributed by atoms with Crippen molar-refractivity contribution in [2.24, 2.45) is 0 Å². The molecular formula is C19H18Cl2N2OS. The summed E-state index contributed by atoms with van der Waals surface area (Å²) >= 11 is 13.6. The molecule has 0 radical (unpaired) electrons. The number of hydrogen-bond acceptors (Lipinski definition) is 3. The monoisotopic (exact) mass is 392 g/mol. The third-order valence-corrected chi connectivity index (χ3v) is 5.50. The van der Waals surface area contributed by atoms with Crippen LogP contribution in [0.1, 0.15) is 5.56 Å². The van der Waals surface area contributed by atoms with Crippen LogP contribution < -0.4 is 0 Å². The van der Waals surface area contributed by atoms with Gasteiger partial charge in [-0.15, -0.1) is 0 Å². The summed E-state index contributed by atoms with van der Waals surface area (Å²) in [6.45, 7) is 0.557. The zero-order valence-electron chi connectivity index (χ0n) is 13.5. The van der Waals surface area contributed by atoms with Crippen molar-refractivity contribution in [3.8, 4) is 0 Å². The fourth-order valence-corrected chi connectivity index (χ4v) is 3.82. The van der Waals surface area contributed by atoms with Crippen LogP contribution in [-0.4, -0.2) is 26.5 Å². The highest BCUT2D eigenvalue weighted by molar-refractivity contribution is 7.98. The van der Waals surface area contributed by atoms with Gasteiger partial charge in [0, 0.05) is 33.9 Å². The Kier molecular flexibility index (Phi) is 6.43. The van der Waals surface area contributed by atoms with Crippen molar-refractivity contribution in [1.82, 2.24) is 9.55 Å². The second kappa shape index (κ2) is 8.77. The lowest BCUT2D eigenvalue weighted by atomic mass is 10.1. The molecule has 3 nitrogen and oxygen atoms in total. The van der Waals surface area contributed by atoms with E-state index in [2.05, 4.69) is 29.2 Å². The van der Waals surface area contributed by atoms with E-state index in [9.17, 15) is 5.11 Å². The van der Waals surface area contributed by atoms with Crippen LogP contribution in [0.25, 0.3) is 0 Å². The highest BCUT2D eigenvalue weighted by Crippen LogP contribution is 2.25. The van der Waals surface area contributed by atoms with E-state index >= 15 is 0 Å². The minimum Gasteiger partial charge on any atom is -0.390 e. The van der Waals surface area contributed by atoms with Gasteiger partial charge in [-0.3, -0.25) is 0 Å². The number of aliphatic hydroxyl groups is 1. The van der Waals surface area contributed by atoms with Gasteiger partial charge >= 0.3 is 0 Å². The van der Waals surface area contributed by atoms with Gasteiger partial charge in [0.1, 0.15) is 0 Å². The second-order valence-corrected chi connectivity index (χ2v) is 7.62. The van der Waals surface area contributed by atoms with E-state index in [1.165, 1.54) is 10.4 Å². The maximum Gasteiger partial charge on any atom is 0.0946 e. The molecule has 0 fully saturated rings. The molecule has 1 atom stereocenters. The zero-order valence-corrected chi connectivity index (χ0v) is 15.8.